The van der Waals surface area contributed by atoms with E-state index in [4.69, 9.17) is 21.9 Å². The Kier molecular flexibility index (Phi) is 6.74. The second-order valence-corrected chi connectivity index (χ2v) is 9.49. The van der Waals surface area contributed by atoms with Crippen LogP contribution in [-0.2, 0) is 9.53 Å². The number of carbonyl (C=O) groups is 1. The average molecular weight is 459 g/mol. The molecule has 0 aliphatic carbocycles. The van der Waals surface area contributed by atoms with Crippen molar-refractivity contribution in [2.75, 3.05) is 38.3 Å². The summed E-state index contributed by atoms with van der Waals surface area (Å²) in [5.41, 5.74) is 1.86. The van der Waals surface area contributed by atoms with Gasteiger partial charge >= 0.3 is 0 Å². The highest BCUT2D eigenvalue weighted by molar-refractivity contribution is 8.26. The zero-order valence-electron chi connectivity index (χ0n) is 17.8. The molecule has 31 heavy (non-hydrogen) atoms. The Hall–Kier alpha value is -2.23. The number of hydrogen-bond acceptors (Lipinski definition) is 7. The number of hydrogen-bond donors (Lipinski definition) is 0. The number of thiocarbonyl (C=S) groups is 1. The summed E-state index contributed by atoms with van der Waals surface area (Å²) in [6, 6.07) is 3.82. The van der Waals surface area contributed by atoms with E-state index in [1.165, 1.54) is 18.2 Å². The van der Waals surface area contributed by atoms with Crippen molar-refractivity contribution in [2.24, 2.45) is 0 Å². The largest absolute Gasteiger partial charge is 0.385 e. The summed E-state index contributed by atoms with van der Waals surface area (Å²) in [6.45, 7) is 4.71. The summed E-state index contributed by atoms with van der Waals surface area (Å²) in [5, 5.41) is 0. The van der Waals surface area contributed by atoms with E-state index in [-0.39, 0.29) is 11.5 Å². The van der Waals surface area contributed by atoms with Crippen LogP contribution in [0, 0.1) is 6.92 Å². The van der Waals surface area contributed by atoms with Gasteiger partial charge in [0.25, 0.3) is 11.5 Å². The Balaban J connectivity index is 1.78. The van der Waals surface area contributed by atoms with Crippen LogP contribution in [0.1, 0.15) is 36.8 Å². The van der Waals surface area contributed by atoms with Gasteiger partial charge in [-0.3, -0.25) is 18.9 Å². The lowest BCUT2D eigenvalue weighted by Crippen LogP contribution is -2.33. The molecule has 164 valence electrons. The zero-order chi connectivity index (χ0) is 22.0. The van der Waals surface area contributed by atoms with Crippen LogP contribution < -0.4 is 10.5 Å². The highest BCUT2D eigenvalue weighted by Crippen LogP contribution is 2.34. The maximum absolute atomic E-state index is 13.5. The number of carbonyl (C=O) groups excluding carboxylic acids is 1. The molecule has 0 spiro atoms. The standard InChI is InChI=1S/C22H26N4O3S2/c1-15-7-8-18-23-19(24-9-4-3-5-10-24)16(20(27)26(18)14-15)13-17-21(28)25(22(30)31-17)11-6-12-29-2/h7-8,13-14H,3-6,9-12H2,1-2H3/b17-13+. The van der Waals surface area contributed by atoms with Crippen molar-refractivity contribution in [3.8, 4) is 0 Å². The first-order valence-corrected chi connectivity index (χ1v) is 11.7. The third kappa shape index (κ3) is 4.53. The van der Waals surface area contributed by atoms with Gasteiger partial charge in [-0.05, 0) is 50.3 Å². The number of anilines is 1. The normalized spacial score (nSPS) is 18.6. The predicted octanol–water partition coefficient (Wildman–Crippen LogP) is 3.23. The van der Waals surface area contributed by atoms with Gasteiger partial charge in [-0.25, -0.2) is 4.98 Å². The molecule has 2 aliphatic rings. The smallest absolute Gasteiger partial charge is 0.267 e. The minimum Gasteiger partial charge on any atom is -0.385 e. The number of pyridine rings is 1. The van der Waals surface area contributed by atoms with Gasteiger partial charge in [0.2, 0.25) is 0 Å². The van der Waals surface area contributed by atoms with Crippen molar-refractivity contribution in [3.05, 3.63) is 44.7 Å². The highest BCUT2D eigenvalue weighted by Gasteiger charge is 2.32. The Morgan fingerprint density at radius 1 is 1.23 bits per heavy atom. The molecule has 0 atom stereocenters. The van der Waals surface area contributed by atoms with Gasteiger partial charge in [0, 0.05) is 39.5 Å². The second kappa shape index (κ2) is 9.50. The maximum Gasteiger partial charge on any atom is 0.267 e. The van der Waals surface area contributed by atoms with Gasteiger partial charge < -0.3 is 9.64 Å². The van der Waals surface area contributed by atoms with Gasteiger partial charge in [-0.2, -0.15) is 0 Å². The summed E-state index contributed by atoms with van der Waals surface area (Å²) in [6.07, 6.45) is 7.49. The van der Waals surface area contributed by atoms with Gasteiger partial charge in [0.15, 0.2) is 0 Å². The molecule has 0 aromatic carbocycles. The van der Waals surface area contributed by atoms with E-state index in [9.17, 15) is 9.59 Å². The number of aromatic nitrogens is 2. The third-order valence-corrected chi connectivity index (χ3v) is 6.90. The van der Waals surface area contributed by atoms with Crippen LogP contribution in [0.2, 0.25) is 0 Å². The Bertz CT molecular complexity index is 1110. The minimum absolute atomic E-state index is 0.163. The van der Waals surface area contributed by atoms with Crippen LogP contribution in [0.4, 0.5) is 5.82 Å². The fourth-order valence-electron chi connectivity index (χ4n) is 3.91. The van der Waals surface area contributed by atoms with E-state index in [1.54, 1.807) is 28.7 Å². The molecule has 2 aliphatic heterocycles. The molecule has 0 bridgehead atoms. The zero-order valence-corrected chi connectivity index (χ0v) is 19.4. The maximum atomic E-state index is 13.5. The SMILES string of the molecule is COCCCN1C(=O)/C(=C\c2c(N3CCCCC3)nc3ccc(C)cn3c2=O)SC1=S. The molecule has 2 aromatic rings. The second-order valence-electron chi connectivity index (χ2n) is 7.82. The lowest BCUT2D eigenvalue weighted by Gasteiger charge is -2.29. The third-order valence-electron chi connectivity index (χ3n) is 5.52. The first kappa shape index (κ1) is 22.0. The number of fused-ring (bicyclic) bond motifs is 1. The summed E-state index contributed by atoms with van der Waals surface area (Å²) in [7, 11) is 1.63. The number of ether oxygens (including phenoxy) is 1. The molecule has 9 heteroatoms. The van der Waals surface area contributed by atoms with Gasteiger partial charge in [-0.15, -0.1) is 0 Å². The number of aryl methyl sites for hydroxylation is 1. The van der Waals surface area contributed by atoms with Crippen LogP contribution in [0.15, 0.2) is 28.0 Å². The number of rotatable bonds is 6. The number of thioether (sulfide) groups is 1. The molecule has 0 unspecified atom stereocenters. The van der Waals surface area contributed by atoms with E-state index in [2.05, 4.69) is 4.90 Å². The molecular formula is C22H26N4O3S2. The molecular weight excluding hydrogens is 432 g/mol. The molecule has 7 nitrogen and oxygen atoms in total. The highest BCUT2D eigenvalue weighted by atomic mass is 32.2. The molecule has 4 rings (SSSR count). The Labute approximate surface area is 191 Å². The number of nitrogens with zero attached hydrogens (tertiary/aromatic N) is 4. The predicted molar refractivity (Wildman–Crippen MR) is 129 cm³/mol. The quantitative estimate of drug-likeness (QED) is 0.374. The molecule has 1 amide bonds. The fourth-order valence-corrected chi connectivity index (χ4v) is 5.20. The molecule has 0 saturated carbocycles. The van der Waals surface area contributed by atoms with Gasteiger partial charge in [-0.1, -0.05) is 30.0 Å². The van der Waals surface area contributed by atoms with Crippen molar-refractivity contribution in [2.45, 2.75) is 32.6 Å². The van der Waals surface area contributed by atoms with Crippen molar-refractivity contribution < 1.29 is 9.53 Å². The van der Waals surface area contributed by atoms with E-state index in [0.717, 1.165) is 31.5 Å². The van der Waals surface area contributed by atoms with E-state index < -0.39 is 0 Å². The first-order chi connectivity index (χ1) is 15.0. The van der Waals surface area contributed by atoms with E-state index >= 15 is 0 Å². The Morgan fingerprint density at radius 3 is 2.74 bits per heavy atom. The lowest BCUT2D eigenvalue weighted by atomic mass is 10.1. The molecule has 2 fully saturated rings. The summed E-state index contributed by atoms with van der Waals surface area (Å²) in [5.74, 6) is 0.489. The van der Waals surface area contributed by atoms with Crippen LogP contribution in [-0.4, -0.2) is 57.9 Å². The number of methoxy groups -OCH3 is 1. The Morgan fingerprint density at radius 2 is 2.00 bits per heavy atom. The molecule has 0 radical (unpaired) electrons. The monoisotopic (exact) mass is 458 g/mol. The average Bonchev–Trinajstić information content (AvgIpc) is 3.04. The topological polar surface area (TPSA) is 67.2 Å². The van der Waals surface area contributed by atoms with Crippen molar-refractivity contribution >= 4 is 51.7 Å². The van der Waals surface area contributed by atoms with Crippen LogP contribution in [0.25, 0.3) is 11.7 Å². The molecule has 4 heterocycles. The van der Waals surface area contributed by atoms with E-state index in [0.29, 0.717) is 45.8 Å². The molecule has 2 saturated heterocycles. The van der Waals surface area contributed by atoms with Gasteiger partial charge in [0.1, 0.15) is 15.8 Å². The summed E-state index contributed by atoms with van der Waals surface area (Å²) >= 11 is 6.66. The lowest BCUT2D eigenvalue weighted by molar-refractivity contribution is -0.122. The summed E-state index contributed by atoms with van der Waals surface area (Å²) < 4.78 is 7.16. The van der Waals surface area contributed by atoms with Crippen LogP contribution in [0.3, 0.4) is 0 Å². The fraction of sp³-hybridized carbons (Fsp3) is 0.455. The number of piperidine rings is 1. The van der Waals surface area contributed by atoms with Crippen LogP contribution in [0.5, 0.6) is 0 Å². The molecule has 0 N–H and O–H groups in total. The number of amides is 1. The summed E-state index contributed by atoms with van der Waals surface area (Å²) in [4.78, 5) is 35.5. The molecule has 2 aromatic heterocycles. The minimum atomic E-state index is -0.168. The van der Waals surface area contributed by atoms with Crippen molar-refractivity contribution in [3.63, 3.8) is 0 Å². The van der Waals surface area contributed by atoms with Crippen molar-refractivity contribution in [1.29, 1.82) is 0 Å². The van der Waals surface area contributed by atoms with E-state index in [1.807, 2.05) is 19.1 Å². The van der Waals surface area contributed by atoms with Crippen LogP contribution >= 0.6 is 24.0 Å². The first-order valence-electron chi connectivity index (χ1n) is 10.5. The van der Waals surface area contributed by atoms with Crippen molar-refractivity contribution in [1.82, 2.24) is 14.3 Å². The van der Waals surface area contributed by atoms with Gasteiger partial charge in [0.05, 0.1) is 10.5 Å².